The summed E-state index contributed by atoms with van der Waals surface area (Å²) in [4.78, 5) is 15.5. The van der Waals surface area contributed by atoms with Gasteiger partial charge in [0.25, 0.3) is 0 Å². The maximum atomic E-state index is 12.1. The number of carbonyl (C=O) groups is 1. The van der Waals surface area contributed by atoms with Crippen molar-refractivity contribution in [3.63, 3.8) is 0 Å². The molecule has 2 nitrogen and oxygen atoms in total. The smallest absolute Gasteiger partial charge is 0.162 e. The Hall–Kier alpha value is -2.61. The van der Waals surface area contributed by atoms with E-state index in [0.717, 1.165) is 33.6 Å². The molecule has 0 saturated carbocycles. The zero-order valence-electron chi connectivity index (χ0n) is 13.1. The summed E-state index contributed by atoms with van der Waals surface area (Å²) in [7, 11) is 0. The molecule has 0 aliphatic rings. The SMILES string of the molecule is CC(=O)c1c(C)[nH]c(-c2ccc(C)cc2)c1-c1ccccc1. The topological polar surface area (TPSA) is 32.9 Å². The number of rotatable bonds is 3. The van der Waals surface area contributed by atoms with Gasteiger partial charge in [0.1, 0.15) is 0 Å². The standard InChI is InChI=1S/C20H19NO/c1-13-9-11-17(12-10-13)20-19(16-7-5-4-6-8-16)18(15(3)22)14(2)21-20/h4-12,21H,1-3H3. The van der Waals surface area contributed by atoms with Gasteiger partial charge >= 0.3 is 0 Å². The summed E-state index contributed by atoms with van der Waals surface area (Å²) in [6.45, 7) is 5.66. The Balaban J connectivity index is 2.29. The van der Waals surface area contributed by atoms with Crippen molar-refractivity contribution in [1.29, 1.82) is 0 Å². The molecule has 110 valence electrons. The molecule has 2 aromatic carbocycles. The molecule has 0 atom stereocenters. The van der Waals surface area contributed by atoms with Gasteiger partial charge in [-0.2, -0.15) is 0 Å². The van der Waals surface area contributed by atoms with E-state index in [1.165, 1.54) is 5.56 Å². The van der Waals surface area contributed by atoms with Crippen molar-refractivity contribution in [2.45, 2.75) is 20.8 Å². The lowest BCUT2D eigenvalue weighted by atomic mass is 9.95. The fourth-order valence-corrected chi connectivity index (χ4v) is 2.90. The number of aryl methyl sites for hydroxylation is 2. The molecule has 0 unspecified atom stereocenters. The van der Waals surface area contributed by atoms with E-state index in [-0.39, 0.29) is 5.78 Å². The van der Waals surface area contributed by atoms with Crippen LogP contribution in [0.3, 0.4) is 0 Å². The number of benzene rings is 2. The molecule has 0 amide bonds. The molecule has 22 heavy (non-hydrogen) atoms. The number of ketones is 1. The Morgan fingerprint density at radius 1 is 0.864 bits per heavy atom. The van der Waals surface area contributed by atoms with E-state index in [1.807, 2.05) is 37.3 Å². The van der Waals surface area contributed by atoms with E-state index in [1.54, 1.807) is 6.92 Å². The number of H-pyrrole nitrogens is 1. The molecule has 1 aromatic heterocycles. The van der Waals surface area contributed by atoms with Crippen LogP contribution >= 0.6 is 0 Å². The first-order chi connectivity index (χ1) is 10.6. The second-order valence-electron chi connectivity index (χ2n) is 5.66. The van der Waals surface area contributed by atoms with Crippen LogP contribution in [-0.2, 0) is 0 Å². The van der Waals surface area contributed by atoms with Gasteiger partial charge in [-0.1, -0.05) is 60.2 Å². The van der Waals surface area contributed by atoms with Crippen LogP contribution in [-0.4, -0.2) is 10.8 Å². The second kappa shape index (κ2) is 5.64. The molecule has 0 radical (unpaired) electrons. The third-order valence-corrected chi connectivity index (χ3v) is 3.94. The van der Waals surface area contributed by atoms with Crippen molar-refractivity contribution in [2.24, 2.45) is 0 Å². The number of nitrogens with one attached hydrogen (secondary N) is 1. The molecular weight excluding hydrogens is 270 g/mol. The van der Waals surface area contributed by atoms with Crippen LogP contribution in [0.25, 0.3) is 22.4 Å². The van der Waals surface area contributed by atoms with Crippen LogP contribution < -0.4 is 0 Å². The van der Waals surface area contributed by atoms with Crippen LogP contribution in [0.15, 0.2) is 54.6 Å². The first kappa shape index (κ1) is 14.3. The Labute approximate surface area is 130 Å². The maximum Gasteiger partial charge on any atom is 0.162 e. The van der Waals surface area contributed by atoms with E-state index < -0.39 is 0 Å². The molecule has 0 spiro atoms. The van der Waals surface area contributed by atoms with Gasteiger partial charge in [-0.25, -0.2) is 0 Å². The summed E-state index contributed by atoms with van der Waals surface area (Å²) in [5.74, 6) is 0.0889. The van der Waals surface area contributed by atoms with Gasteiger partial charge in [0.15, 0.2) is 5.78 Å². The van der Waals surface area contributed by atoms with Gasteiger partial charge in [0, 0.05) is 16.8 Å². The van der Waals surface area contributed by atoms with Crippen LogP contribution in [0, 0.1) is 13.8 Å². The fraction of sp³-hybridized carbons (Fsp3) is 0.150. The number of Topliss-reactive ketones (excluding diaryl/α,β-unsaturated/α-hetero) is 1. The molecule has 2 heteroatoms. The minimum atomic E-state index is 0.0889. The first-order valence-corrected chi connectivity index (χ1v) is 7.44. The van der Waals surface area contributed by atoms with E-state index in [2.05, 4.69) is 36.2 Å². The van der Waals surface area contributed by atoms with E-state index in [4.69, 9.17) is 0 Å². The van der Waals surface area contributed by atoms with Crippen molar-refractivity contribution >= 4 is 5.78 Å². The van der Waals surface area contributed by atoms with Gasteiger partial charge in [0.05, 0.1) is 5.69 Å². The Bertz CT molecular complexity index is 811. The van der Waals surface area contributed by atoms with Crippen LogP contribution in [0.1, 0.15) is 28.5 Å². The van der Waals surface area contributed by atoms with Gasteiger partial charge < -0.3 is 4.98 Å². The molecule has 3 rings (SSSR count). The number of carbonyl (C=O) groups excluding carboxylic acids is 1. The van der Waals surface area contributed by atoms with E-state index in [9.17, 15) is 4.79 Å². The van der Waals surface area contributed by atoms with Gasteiger partial charge in [-0.3, -0.25) is 4.79 Å². The Morgan fingerprint density at radius 3 is 2.09 bits per heavy atom. The van der Waals surface area contributed by atoms with E-state index in [0.29, 0.717) is 0 Å². The normalized spacial score (nSPS) is 10.7. The summed E-state index contributed by atoms with van der Waals surface area (Å²) < 4.78 is 0. The number of hydrogen-bond acceptors (Lipinski definition) is 1. The molecular formula is C20H19NO. The van der Waals surface area contributed by atoms with E-state index >= 15 is 0 Å². The lowest BCUT2D eigenvalue weighted by Crippen LogP contribution is -1.95. The lowest BCUT2D eigenvalue weighted by molar-refractivity contribution is 0.101. The van der Waals surface area contributed by atoms with Crippen LogP contribution in [0.4, 0.5) is 0 Å². The summed E-state index contributed by atoms with van der Waals surface area (Å²) in [6, 6.07) is 18.5. The van der Waals surface area contributed by atoms with Crippen LogP contribution in [0.2, 0.25) is 0 Å². The van der Waals surface area contributed by atoms with Crippen molar-refractivity contribution in [1.82, 2.24) is 4.98 Å². The summed E-state index contributed by atoms with van der Waals surface area (Å²) >= 11 is 0. The zero-order valence-corrected chi connectivity index (χ0v) is 13.1. The number of hydrogen-bond donors (Lipinski definition) is 1. The average molecular weight is 289 g/mol. The highest BCUT2D eigenvalue weighted by molar-refractivity contribution is 6.05. The fourth-order valence-electron chi connectivity index (χ4n) is 2.90. The second-order valence-corrected chi connectivity index (χ2v) is 5.66. The highest BCUT2D eigenvalue weighted by Crippen LogP contribution is 2.36. The minimum absolute atomic E-state index is 0.0889. The monoisotopic (exact) mass is 289 g/mol. The zero-order chi connectivity index (χ0) is 15.7. The Morgan fingerprint density at radius 2 is 1.50 bits per heavy atom. The Kier molecular flexibility index (Phi) is 3.68. The molecule has 0 aliphatic heterocycles. The lowest BCUT2D eigenvalue weighted by Gasteiger charge is -2.07. The van der Waals surface area contributed by atoms with Crippen molar-refractivity contribution in [2.75, 3.05) is 0 Å². The maximum absolute atomic E-state index is 12.1. The molecule has 1 N–H and O–H groups in total. The predicted molar refractivity (Wildman–Crippen MR) is 91.1 cm³/mol. The summed E-state index contributed by atoms with van der Waals surface area (Å²) in [5.41, 5.74) is 7.08. The third kappa shape index (κ3) is 2.48. The summed E-state index contributed by atoms with van der Waals surface area (Å²) in [6.07, 6.45) is 0. The highest BCUT2D eigenvalue weighted by Gasteiger charge is 2.20. The summed E-state index contributed by atoms with van der Waals surface area (Å²) in [5, 5.41) is 0. The first-order valence-electron chi connectivity index (χ1n) is 7.44. The molecule has 0 fully saturated rings. The largest absolute Gasteiger partial charge is 0.357 e. The van der Waals surface area contributed by atoms with Crippen molar-refractivity contribution < 1.29 is 4.79 Å². The number of aromatic nitrogens is 1. The minimum Gasteiger partial charge on any atom is -0.357 e. The predicted octanol–water partition coefficient (Wildman–Crippen LogP) is 5.17. The van der Waals surface area contributed by atoms with Crippen LogP contribution in [0.5, 0.6) is 0 Å². The van der Waals surface area contributed by atoms with Gasteiger partial charge in [-0.05, 0) is 31.9 Å². The molecule has 0 bridgehead atoms. The molecule has 3 aromatic rings. The highest BCUT2D eigenvalue weighted by atomic mass is 16.1. The van der Waals surface area contributed by atoms with Gasteiger partial charge in [-0.15, -0.1) is 0 Å². The average Bonchev–Trinajstić information content (AvgIpc) is 2.86. The quantitative estimate of drug-likeness (QED) is 0.663. The number of aromatic amines is 1. The molecule has 0 saturated heterocycles. The molecule has 0 aliphatic carbocycles. The molecule has 1 heterocycles. The van der Waals surface area contributed by atoms with Gasteiger partial charge in [0.2, 0.25) is 0 Å². The van der Waals surface area contributed by atoms with Crippen molar-refractivity contribution in [3.05, 3.63) is 71.4 Å². The van der Waals surface area contributed by atoms with Crippen molar-refractivity contribution in [3.8, 4) is 22.4 Å². The third-order valence-electron chi connectivity index (χ3n) is 3.94.